The van der Waals surface area contributed by atoms with Crippen LogP contribution in [0.1, 0.15) is 34.5 Å². The summed E-state index contributed by atoms with van der Waals surface area (Å²) in [5, 5.41) is 11.3. The normalized spacial score (nSPS) is 17.9. The van der Waals surface area contributed by atoms with Gasteiger partial charge in [-0.15, -0.1) is 0 Å². The zero-order valence-corrected chi connectivity index (χ0v) is 22.9. The first-order chi connectivity index (χ1) is 20.4. The number of aromatic amines is 2. The third-order valence-corrected chi connectivity index (χ3v) is 8.46. The molecule has 11 heteroatoms. The van der Waals surface area contributed by atoms with Crippen molar-refractivity contribution in [2.45, 2.75) is 38.0 Å². The molecule has 4 heterocycles. The zero-order valence-electron chi connectivity index (χ0n) is 22.9. The van der Waals surface area contributed by atoms with Gasteiger partial charge in [-0.1, -0.05) is 30.8 Å². The van der Waals surface area contributed by atoms with Gasteiger partial charge in [-0.05, 0) is 42.0 Å². The number of imidazole rings is 1. The van der Waals surface area contributed by atoms with Crippen molar-refractivity contribution in [3.8, 4) is 11.3 Å². The average Bonchev–Trinajstić information content (AvgIpc) is 3.71. The van der Waals surface area contributed by atoms with Crippen molar-refractivity contribution in [1.82, 2.24) is 35.4 Å². The highest BCUT2D eigenvalue weighted by molar-refractivity contribution is 6.09. The molecule has 3 N–H and O–H groups in total. The van der Waals surface area contributed by atoms with Gasteiger partial charge >= 0.3 is 6.18 Å². The number of nitrogens with one attached hydrogen (secondary N) is 3. The summed E-state index contributed by atoms with van der Waals surface area (Å²) in [5.74, 6) is 0.793. The first-order valence-electron chi connectivity index (χ1n) is 14.1. The van der Waals surface area contributed by atoms with E-state index in [1.165, 1.54) is 0 Å². The molecule has 7 rings (SSSR count). The van der Waals surface area contributed by atoms with E-state index in [0.29, 0.717) is 54.6 Å². The Balaban J connectivity index is 1.34. The van der Waals surface area contributed by atoms with E-state index in [1.807, 2.05) is 24.3 Å². The molecule has 0 radical (unpaired) electrons. The zero-order chi connectivity index (χ0) is 28.8. The van der Waals surface area contributed by atoms with Crippen LogP contribution in [0.3, 0.4) is 0 Å². The maximum absolute atomic E-state index is 14.4. The Labute approximate surface area is 240 Å². The summed E-state index contributed by atoms with van der Waals surface area (Å²) in [6.07, 6.45) is 2.74. The predicted molar refractivity (Wildman–Crippen MR) is 154 cm³/mol. The summed E-state index contributed by atoms with van der Waals surface area (Å²) in [4.78, 5) is 14.5. The number of benzene rings is 2. The number of aromatic nitrogens is 5. The summed E-state index contributed by atoms with van der Waals surface area (Å²) in [5.41, 5.74) is 4.52. The van der Waals surface area contributed by atoms with Crippen molar-refractivity contribution in [3.63, 3.8) is 0 Å². The van der Waals surface area contributed by atoms with E-state index in [1.54, 1.807) is 18.6 Å². The van der Waals surface area contributed by atoms with Gasteiger partial charge in [-0.3, -0.25) is 10.00 Å². The molecule has 0 spiro atoms. The lowest BCUT2D eigenvalue weighted by atomic mass is 9.82. The number of hydrogen-bond donors (Lipinski definition) is 3. The monoisotopic (exact) mass is 573 g/mol. The number of aryl methyl sites for hydroxylation is 1. The number of morpholine rings is 1. The Morgan fingerprint density at radius 1 is 1.14 bits per heavy atom. The van der Waals surface area contributed by atoms with E-state index in [0.717, 1.165) is 59.4 Å². The fourth-order valence-corrected chi connectivity index (χ4v) is 6.34. The third kappa shape index (κ3) is 4.82. The summed E-state index contributed by atoms with van der Waals surface area (Å²) in [7, 11) is 0. The topological polar surface area (TPSA) is 94.8 Å². The van der Waals surface area contributed by atoms with Crippen molar-refractivity contribution in [1.29, 1.82) is 0 Å². The minimum Gasteiger partial charge on any atom is -0.379 e. The number of rotatable bonds is 6. The molecule has 1 saturated heterocycles. The van der Waals surface area contributed by atoms with Crippen molar-refractivity contribution >= 4 is 27.5 Å². The van der Waals surface area contributed by atoms with Gasteiger partial charge in [0, 0.05) is 53.6 Å². The Morgan fingerprint density at radius 2 is 1.95 bits per heavy atom. The van der Waals surface area contributed by atoms with Crippen LogP contribution in [-0.2, 0) is 30.3 Å². The quantitative estimate of drug-likeness (QED) is 0.250. The number of pyridine rings is 1. The number of nitrogens with zero attached hydrogens (tertiary/aromatic N) is 4. The van der Waals surface area contributed by atoms with Crippen LogP contribution in [-0.4, -0.2) is 62.4 Å². The lowest BCUT2D eigenvalue weighted by Crippen LogP contribution is -2.46. The number of hydrogen-bond acceptors (Lipinski definition) is 6. The first kappa shape index (κ1) is 26.7. The Morgan fingerprint density at radius 3 is 2.69 bits per heavy atom. The largest absolute Gasteiger partial charge is 0.418 e. The van der Waals surface area contributed by atoms with Gasteiger partial charge in [-0.2, -0.15) is 18.3 Å². The van der Waals surface area contributed by atoms with Crippen LogP contribution in [0.4, 0.5) is 13.2 Å². The van der Waals surface area contributed by atoms with Crippen LogP contribution in [0.5, 0.6) is 0 Å². The van der Waals surface area contributed by atoms with E-state index in [-0.39, 0.29) is 11.6 Å². The van der Waals surface area contributed by atoms with Crippen molar-refractivity contribution in [2.75, 3.05) is 26.3 Å². The molecule has 42 heavy (non-hydrogen) atoms. The minimum absolute atomic E-state index is 0.0245. The smallest absolute Gasteiger partial charge is 0.379 e. The SMILES string of the molecule is C=C(NCc1ncc[nH]1)c1ccc(-c2nc3c(C(F)(F)F)cc4[nH]ncc4c3c3c2CC(N2CCOCC2)CC3)cc1. The first-order valence-corrected chi connectivity index (χ1v) is 14.1. The van der Waals surface area contributed by atoms with Gasteiger partial charge in [0.05, 0.1) is 48.2 Å². The molecule has 1 aliphatic carbocycles. The Kier molecular flexibility index (Phi) is 6.70. The van der Waals surface area contributed by atoms with Crippen LogP contribution < -0.4 is 5.32 Å². The van der Waals surface area contributed by atoms with E-state index in [4.69, 9.17) is 9.72 Å². The molecule has 8 nitrogen and oxygen atoms in total. The van der Waals surface area contributed by atoms with Crippen molar-refractivity contribution < 1.29 is 17.9 Å². The fourth-order valence-electron chi connectivity index (χ4n) is 6.34. The summed E-state index contributed by atoms with van der Waals surface area (Å²) in [6.45, 7) is 7.72. The number of ether oxygens (including phenoxy) is 1. The van der Waals surface area contributed by atoms with Crippen LogP contribution in [0.2, 0.25) is 0 Å². The summed E-state index contributed by atoms with van der Waals surface area (Å²) < 4.78 is 48.8. The molecular formula is C31H30F3N7O. The average molecular weight is 574 g/mol. The number of alkyl halides is 3. The van der Waals surface area contributed by atoms with Gasteiger partial charge in [-0.25, -0.2) is 9.97 Å². The summed E-state index contributed by atoms with van der Waals surface area (Å²) >= 11 is 0. The van der Waals surface area contributed by atoms with Crippen LogP contribution >= 0.6 is 0 Å². The molecule has 5 aromatic rings. The number of H-pyrrole nitrogens is 2. The second-order valence-corrected chi connectivity index (χ2v) is 10.9. The molecule has 2 aromatic carbocycles. The molecule has 3 aromatic heterocycles. The van der Waals surface area contributed by atoms with E-state index < -0.39 is 11.7 Å². The van der Waals surface area contributed by atoms with Gasteiger partial charge in [0.15, 0.2) is 0 Å². The predicted octanol–water partition coefficient (Wildman–Crippen LogP) is 5.47. The lowest BCUT2D eigenvalue weighted by molar-refractivity contribution is -0.136. The number of fused-ring (bicyclic) bond motifs is 5. The van der Waals surface area contributed by atoms with Gasteiger partial charge < -0.3 is 15.0 Å². The highest BCUT2D eigenvalue weighted by atomic mass is 19.4. The summed E-state index contributed by atoms with van der Waals surface area (Å²) in [6, 6.07) is 9.10. The molecule has 0 bridgehead atoms. The molecule has 0 amide bonds. The van der Waals surface area contributed by atoms with Gasteiger partial charge in [0.1, 0.15) is 5.82 Å². The van der Waals surface area contributed by atoms with Gasteiger partial charge in [0.25, 0.3) is 0 Å². The molecule has 1 unspecified atom stereocenters. The van der Waals surface area contributed by atoms with Gasteiger partial charge in [0.2, 0.25) is 0 Å². The van der Waals surface area contributed by atoms with Crippen LogP contribution in [0.15, 0.2) is 55.5 Å². The standard InChI is InChI=1S/C31H30F3N7O/c1-18(37-17-27-35-8-9-36-27)19-2-4-20(5-3-19)29-23-14-21(41-10-12-42-13-11-41)6-7-22(23)28-24-16-38-40-26(24)15-25(30(28)39-29)31(32,33)34/h2-5,8-9,15-16,21,37H,1,6-7,10-14,17H2,(H,35,36)(H,38,40). The second-order valence-electron chi connectivity index (χ2n) is 10.9. The highest BCUT2D eigenvalue weighted by Gasteiger charge is 2.37. The van der Waals surface area contributed by atoms with E-state index in [9.17, 15) is 13.2 Å². The van der Waals surface area contributed by atoms with Crippen LogP contribution in [0.25, 0.3) is 38.8 Å². The second kappa shape index (κ2) is 10.6. The molecule has 1 atom stereocenters. The highest BCUT2D eigenvalue weighted by Crippen LogP contribution is 2.43. The molecular weight excluding hydrogens is 543 g/mol. The van der Waals surface area contributed by atoms with E-state index >= 15 is 0 Å². The number of halogens is 3. The lowest BCUT2D eigenvalue weighted by Gasteiger charge is -2.38. The molecule has 2 aliphatic rings. The van der Waals surface area contributed by atoms with Crippen molar-refractivity contribution in [3.05, 3.63) is 83.6 Å². The maximum atomic E-state index is 14.4. The van der Waals surface area contributed by atoms with E-state index in [2.05, 4.69) is 37.0 Å². The molecule has 1 aliphatic heterocycles. The maximum Gasteiger partial charge on any atom is 0.418 e. The minimum atomic E-state index is -4.57. The Hall–Kier alpha value is -4.22. The Bertz CT molecular complexity index is 1750. The van der Waals surface area contributed by atoms with Crippen LogP contribution in [0, 0.1) is 0 Å². The van der Waals surface area contributed by atoms with Crippen molar-refractivity contribution in [2.24, 2.45) is 0 Å². The molecule has 216 valence electrons. The molecule has 1 fully saturated rings. The third-order valence-electron chi connectivity index (χ3n) is 8.46. The fraction of sp³-hybridized carbons (Fsp3) is 0.323. The molecule has 0 saturated carbocycles.